The van der Waals surface area contributed by atoms with Crippen molar-refractivity contribution in [3.8, 4) is 5.75 Å². The molecule has 1 aromatic carbocycles. The molecule has 2 unspecified atom stereocenters. The van der Waals surface area contributed by atoms with Crippen LogP contribution in [0.1, 0.15) is 19.4 Å². The highest BCUT2D eigenvalue weighted by atomic mass is 35.5. The van der Waals surface area contributed by atoms with Crippen molar-refractivity contribution >= 4 is 11.6 Å². The molecule has 0 saturated carbocycles. The summed E-state index contributed by atoms with van der Waals surface area (Å²) >= 11 is 6.03. The Bertz CT molecular complexity index is 354. The molecule has 0 heterocycles. The van der Waals surface area contributed by atoms with Crippen LogP contribution >= 0.6 is 11.6 Å². The zero-order chi connectivity index (χ0) is 12.8. The average molecular weight is 256 g/mol. The third kappa shape index (κ3) is 4.21. The van der Waals surface area contributed by atoms with Gasteiger partial charge >= 0.3 is 0 Å². The number of hydrogen-bond donors (Lipinski definition) is 1. The Balaban J connectivity index is 2.76. The monoisotopic (exact) mass is 255 g/mol. The van der Waals surface area contributed by atoms with E-state index in [1.807, 2.05) is 25.2 Å². The second-order valence-corrected chi connectivity index (χ2v) is 5.11. The number of halogens is 1. The summed E-state index contributed by atoms with van der Waals surface area (Å²) in [6.45, 7) is 5.56. The lowest BCUT2D eigenvalue weighted by molar-refractivity contribution is 0.362. The SMILES string of the molecule is CNCC(C)C(C)Cc1cc(Cl)ccc1OC. The Morgan fingerprint density at radius 3 is 2.59 bits per heavy atom. The van der Waals surface area contributed by atoms with Gasteiger partial charge in [-0.2, -0.15) is 0 Å². The van der Waals surface area contributed by atoms with Crippen molar-refractivity contribution in [1.82, 2.24) is 5.32 Å². The predicted molar refractivity (Wildman–Crippen MR) is 74.0 cm³/mol. The van der Waals surface area contributed by atoms with E-state index in [4.69, 9.17) is 16.3 Å². The molecule has 96 valence electrons. The van der Waals surface area contributed by atoms with Gasteiger partial charge in [0, 0.05) is 5.02 Å². The van der Waals surface area contributed by atoms with Crippen LogP contribution in [0.2, 0.25) is 5.02 Å². The quantitative estimate of drug-likeness (QED) is 0.842. The molecule has 0 aliphatic heterocycles. The topological polar surface area (TPSA) is 21.3 Å². The van der Waals surface area contributed by atoms with Crippen LogP contribution in [0, 0.1) is 11.8 Å². The van der Waals surface area contributed by atoms with E-state index in [2.05, 4.69) is 19.2 Å². The van der Waals surface area contributed by atoms with Crippen molar-refractivity contribution in [3.05, 3.63) is 28.8 Å². The molecule has 0 aliphatic rings. The van der Waals surface area contributed by atoms with Gasteiger partial charge in [0.15, 0.2) is 0 Å². The fraction of sp³-hybridized carbons (Fsp3) is 0.571. The average Bonchev–Trinajstić information content (AvgIpc) is 2.29. The van der Waals surface area contributed by atoms with Gasteiger partial charge in [-0.05, 0) is 55.6 Å². The predicted octanol–water partition coefficient (Wildman–Crippen LogP) is 3.38. The fourth-order valence-electron chi connectivity index (χ4n) is 1.98. The van der Waals surface area contributed by atoms with E-state index in [1.165, 1.54) is 5.56 Å². The summed E-state index contributed by atoms with van der Waals surface area (Å²) in [6.07, 6.45) is 0.993. The summed E-state index contributed by atoms with van der Waals surface area (Å²) < 4.78 is 5.37. The summed E-state index contributed by atoms with van der Waals surface area (Å²) in [5.41, 5.74) is 1.19. The highest BCUT2D eigenvalue weighted by Gasteiger charge is 2.14. The van der Waals surface area contributed by atoms with E-state index in [-0.39, 0.29) is 0 Å². The second-order valence-electron chi connectivity index (χ2n) is 4.67. The van der Waals surface area contributed by atoms with E-state index in [9.17, 15) is 0 Å². The molecule has 0 saturated heterocycles. The van der Waals surface area contributed by atoms with Crippen LogP contribution in [0.3, 0.4) is 0 Å². The Morgan fingerprint density at radius 2 is 2.00 bits per heavy atom. The minimum atomic E-state index is 0.592. The first-order chi connectivity index (χ1) is 8.08. The van der Waals surface area contributed by atoms with Crippen LogP contribution in [0.4, 0.5) is 0 Å². The largest absolute Gasteiger partial charge is 0.496 e. The standard InChI is InChI=1S/C14H22ClNO/c1-10(11(2)9-16-3)7-12-8-13(15)5-6-14(12)17-4/h5-6,8,10-11,16H,7,9H2,1-4H3. The van der Waals surface area contributed by atoms with Gasteiger partial charge < -0.3 is 10.1 Å². The number of benzene rings is 1. The normalized spacial score (nSPS) is 14.4. The summed E-state index contributed by atoms with van der Waals surface area (Å²) in [5.74, 6) is 2.15. The lowest BCUT2D eigenvalue weighted by Gasteiger charge is -2.20. The third-order valence-corrected chi connectivity index (χ3v) is 3.52. The Hall–Kier alpha value is -0.730. The highest BCUT2D eigenvalue weighted by molar-refractivity contribution is 6.30. The molecule has 1 rings (SSSR count). The van der Waals surface area contributed by atoms with Gasteiger partial charge in [0.1, 0.15) is 5.75 Å². The van der Waals surface area contributed by atoms with Crippen molar-refractivity contribution in [2.45, 2.75) is 20.3 Å². The molecule has 17 heavy (non-hydrogen) atoms. The smallest absolute Gasteiger partial charge is 0.122 e. The van der Waals surface area contributed by atoms with Gasteiger partial charge in [-0.15, -0.1) is 0 Å². The van der Waals surface area contributed by atoms with Crippen LogP contribution in [0.25, 0.3) is 0 Å². The summed E-state index contributed by atoms with van der Waals surface area (Å²) in [7, 11) is 3.69. The van der Waals surface area contributed by atoms with Gasteiger partial charge in [0.05, 0.1) is 7.11 Å². The Labute approximate surface area is 109 Å². The number of ether oxygens (including phenoxy) is 1. The molecular formula is C14H22ClNO. The molecule has 0 aromatic heterocycles. The van der Waals surface area contributed by atoms with Crippen molar-refractivity contribution in [2.75, 3.05) is 20.7 Å². The molecule has 0 aliphatic carbocycles. The van der Waals surface area contributed by atoms with Crippen molar-refractivity contribution in [2.24, 2.45) is 11.8 Å². The highest BCUT2D eigenvalue weighted by Crippen LogP contribution is 2.27. The number of hydrogen-bond acceptors (Lipinski definition) is 2. The minimum Gasteiger partial charge on any atom is -0.496 e. The molecule has 1 aromatic rings. The second kappa shape index (κ2) is 6.87. The molecule has 0 amide bonds. The first kappa shape index (κ1) is 14.3. The molecule has 0 bridgehead atoms. The zero-order valence-corrected chi connectivity index (χ0v) is 11.8. The Morgan fingerprint density at radius 1 is 1.29 bits per heavy atom. The lowest BCUT2D eigenvalue weighted by Crippen LogP contribution is -2.23. The lowest BCUT2D eigenvalue weighted by atomic mass is 9.89. The van der Waals surface area contributed by atoms with E-state index in [0.29, 0.717) is 11.8 Å². The van der Waals surface area contributed by atoms with Crippen molar-refractivity contribution in [3.63, 3.8) is 0 Å². The van der Waals surface area contributed by atoms with Gasteiger partial charge in [0.2, 0.25) is 0 Å². The molecule has 0 spiro atoms. The first-order valence-corrected chi connectivity index (χ1v) is 6.43. The van der Waals surface area contributed by atoms with Crippen LogP contribution < -0.4 is 10.1 Å². The van der Waals surface area contributed by atoms with Gasteiger partial charge in [0.25, 0.3) is 0 Å². The van der Waals surface area contributed by atoms with Crippen LogP contribution in [0.5, 0.6) is 5.75 Å². The van der Waals surface area contributed by atoms with Gasteiger partial charge in [-0.3, -0.25) is 0 Å². The Kier molecular flexibility index (Phi) is 5.79. The summed E-state index contributed by atoms with van der Waals surface area (Å²) in [6, 6.07) is 5.81. The number of rotatable bonds is 6. The summed E-state index contributed by atoms with van der Waals surface area (Å²) in [4.78, 5) is 0. The van der Waals surface area contributed by atoms with E-state index in [1.54, 1.807) is 7.11 Å². The third-order valence-electron chi connectivity index (χ3n) is 3.28. The molecule has 1 N–H and O–H groups in total. The fourth-order valence-corrected chi connectivity index (χ4v) is 2.17. The molecule has 0 fully saturated rings. The van der Waals surface area contributed by atoms with Gasteiger partial charge in [-0.1, -0.05) is 25.4 Å². The van der Waals surface area contributed by atoms with Gasteiger partial charge in [-0.25, -0.2) is 0 Å². The molecule has 3 heteroatoms. The molecule has 2 atom stereocenters. The van der Waals surface area contributed by atoms with E-state index >= 15 is 0 Å². The van der Waals surface area contributed by atoms with Crippen LogP contribution in [-0.4, -0.2) is 20.7 Å². The van der Waals surface area contributed by atoms with Crippen molar-refractivity contribution < 1.29 is 4.74 Å². The maximum Gasteiger partial charge on any atom is 0.122 e. The van der Waals surface area contributed by atoms with E-state index < -0.39 is 0 Å². The number of nitrogens with one attached hydrogen (secondary N) is 1. The van der Waals surface area contributed by atoms with Crippen LogP contribution in [-0.2, 0) is 6.42 Å². The minimum absolute atomic E-state index is 0.592. The molecule has 0 radical (unpaired) electrons. The maximum atomic E-state index is 6.03. The molecular weight excluding hydrogens is 234 g/mol. The zero-order valence-electron chi connectivity index (χ0n) is 11.1. The van der Waals surface area contributed by atoms with E-state index in [0.717, 1.165) is 23.7 Å². The molecule has 2 nitrogen and oxygen atoms in total. The maximum absolute atomic E-state index is 6.03. The summed E-state index contributed by atoms with van der Waals surface area (Å²) in [5, 5.41) is 3.99. The first-order valence-electron chi connectivity index (χ1n) is 6.05. The van der Waals surface area contributed by atoms with Crippen molar-refractivity contribution in [1.29, 1.82) is 0 Å². The number of methoxy groups -OCH3 is 1. The van der Waals surface area contributed by atoms with Crippen LogP contribution in [0.15, 0.2) is 18.2 Å².